The number of nitrogens with zero attached hydrogens (tertiary/aromatic N) is 1. The van der Waals surface area contributed by atoms with Crippen LogP contribution >= 0.6 is 0 Å². The topological polar surface area (TPSA) is 9.23 Å². The molecule has 0 aliphatic heterocycles. The molecule has 100 valence electrons. The summed E-state index contributed by atoms with van der Waals surface area (Å²) < 4.78 is 6.95. The van der Waals surface area contributed by atoms with E-state index >= 15 is 0 Å². The van der Waals surface area contributed by atoms with Gasteiger partial charge in [-0.15, -0.1) is 0 Å². The molecule has 2 nitrogen and oxygen atoms in total. The average molecular weight is 252 g/mol. The molecule has 1 unspecified atom stereocenters. The number of likely N-dealkylation sites (N-methyl/N-ethyl adjacent to an activating group) is 1. The molecule has 0 aliphatic carbocycles. The molecule has 0 amide bonds. The van der Waals surface area contributed by atoms with Crippen LogP contribution in [0.1, 0.15) is 40.0 Å². The highest BCUT2D eigenvalue weighted by Crippen LogP contribution is 2.14. The van der Waals surface area contributed by atoms with Crippen LogP contribution in [-0.2, 0) is 4.74 Å². The average Bonchev–Trinajstić information content (AvgIpc) is 2.08. The van der Waals surface area contributed by atoms with Crippen molar-refractivity contribution in [1.29, 1.82) is 0 Å². The molecule has 3 heteroatoms. The van der Waals surface area contributed by atoms with Gasteiger partial charge < -0.3 is 21.6 Å². The van der Waals surface area contributed by atoms with E-state index in [2.05, 4.69) is 41.9 Å². The van der Waals surface area contributed by atoms with E-state index in [1.54, 1.807) is 0 Å². The van der Waals surface area contributed by atoms with Gasteiger partial charge in [-0.2, -0.15) is 0 Å². The van der Waals surface area contributed by atoms with Gasteiger partial charge in [-0.05, 0) is 12.3 Å². The van der Waals surface area contributed by atoms with E-state index in [4.69, 9.17) is 4.74 Å². The summed E-state index contributed by atoms with van der Waals surface area (Å²) in [6, 6.07) is 0. The van der Waals surface area contributed by atoms with Gasteiger partial charge in [-0.3, -0.25) is 0 Å². The molecular weight excluding hydrogens is 222 g/mol. The summed E-state index contributed by atoms with van der Waals surface area (Å²) in [5.74, 6) is 0.643. The first-order chi connectivity index (χ1) is 6.87. The largest absolute Gasteiger partial charge is 1.00 e. The number of halogens is 1. The van der Waals surface area contributed by atoms with Gasteiger partial charge in [0.1, 0.15) is 6.54 Å². The molecule has 0 aromatic rings. The fourth-order valence-electron chi connectivity index (χ4n) is 1.49. The second-order valence-corrected chi connectivity index (χ2v) is 5.81. The summed E-state index contributed by atoms with van der Waals surface area (Å²) in [6.07, 6.45) is 4.22. The van der Waals surface area contributed by atoms with Crippen LogP contribution in [0.25, 0.3) is 0 Å². The predicted octanol–water partition coefficient (Wildman–Crippen LogP) is -0.0720. The van der Waals surface area contributed by atoms with Gasteiger partial charge in [0.15, 0.2) is 0 Å². The van der Waals surface area contributed by atoms with Crippen LogP contribution in [0.4, 0.5) is 0 Å². The molecule has 0 radical (unpaired) electrons. The lowest BCUT2D eigenvalue weighted by atomic mass is 10.0. The van der Waals surface area contributed by atoms with Crippen molar-refractivity contribution in [1.82, 2.24) is 0 Å². The summed E-state index contributed by atoms with van der Waals surface area (Å²) in [4.78, 5) is 0. The van der Waals surface area contributed by atoms with Crippen molar-refractivity contribution < 1.29 is 21.6 Å². The highest BCUT2D eigenvalue weighted by Gasteiger charge is 2.15. The maximum absolute atomic E-state index is 5.97. The lowest BCUT2D eigenvalue weighted by Crippen LogP contribution is -3.00. The molecule has 1 atom stereocenters. The van der Waals surface area contributed by atoms with E-state index in [1.807, 2.05) is 0 Å². The predicted molar refractivity (Wildman–Crippen MR) is 67.0 cm³/mol. The summed E-state index contributed by atoms with van der Waals surface area (Å²) in [7, 11) is 6.62. The number of hydrogen-bond acceptors (Lipinski definition) is 1. The third kappa shape index (κ3) is 10.7. The highest BCUT2D eigenvalue weighted by atomic mass is 35.5. The molecule has 0 aromatic carbocycles. The normalized spacial score (nSPS) is 13.7. The van der Waals surface area contributed by atoms with Crippen LogP contribution in [0, 0.1) is 5.92 Å². The molecule has 0 aliphatic rings. The number of ether oxygens (including phenoxy) is 1. The Labute approximate surface area is 108 Å². The molecule has 0 saturated carbocycles. The van der Waals surface area contributed by atoms with E-state index in [0.29, 0.717) is 12.0 Å². The third-order valence-electron chi connectivity index (χ3n) is 2.68. The Hall–Kier alpha value is 0.210. The fourth-order valence-corrected chi connectivity index (χ4v) is 1.49. The Bertz CT molecular complexity index is 155. The lowest BCUT2D eigenvalue weighted by Gasteiger charge is -2.26. The van der Waals surface area contributed by atoms with Crippen LogP contribution < -0.4 is 12.4 Å². The Morgan fingerprint density at radius 2 is 1.69 bits per heavy atom. The van der Waals surface area contributed by atoms with Crippen LogP contribution in [0.3, 0.4) is 0 Å². The zero-order valence-corrected chi connectivity index (χ0v) is 12.7. The van der Waals surface area contributed by atoms with Crippen LogP contribution in [0.5, 0.6) is 0 Å². The molecule has 0 bridgehead atoms. The molecule has 0 fully saturated rings. The second kappa shape index (κ2) is 9.26. The minimum absolute atomic E-state index is 0. The Balaban J connectivity index is 0. The van der Waals surface area contributed by atoms with Gasteiger partial charge in [0.05, 0.1) is 33.9 Å². The highest BCUT2D eigenvalue weighted by molar-refractivity contribution is 4.62. The van der Waals surface area contributed by atoms with Crippen LogP contribution in [0.15, 0.2) is 0 Å². The first kappa shape index (κ1) is 18.6. The standard InChI is InChI=1S/C13H30NO.ClH/c1-7-8-9-13(12(2)3)15-11-10-14(4,5)6;/h12-13H,7-11H2,1-6H3;1H/q+1;/p-1. The fraction of sp³-hybridized carbons (Fsp3) is 1.00. The second-order valence-electron chi connectivity index (χ2n) is 5.81. The Kier molecular flexibility index (Phi) is 10.8. The minimum Gasteiger partial charge on any atom is -1.00 e. The van der Waals surface area contributed by atoms with E-state index in [1.165, 1.54) is 19.3 Å². The molecule has 0 spiro atoms. The number of rotatable bonds is 8. The van der Waals surface area contributed by atoms with Crippen LogP contribution in [-0.4, -0.2) is 44.9 Å². The van der Waals surface area contributed by atoms with E-state index in [-0.39, 0.29) is 12.4 Å². The molecule has 0 heterocycles. The van der Waals surface area contributed by atoms with Crippen molar-refractivity contribution >= 4 is 0 Å². The number of hydrogen-bond donors (Lipinski definition) is 0. The van der Waals surface area contributed by atoms with Gasteiger partial charge in [0, 0.05) is 0 Å². The third-order valence-corrected chi connectivity index (χ3v) is 2.68. The summed E-state index contributed by atoms with van der Waals surface area (Å²) >= 11 is 0. The molecule has 16 heavy (non-hydrogen) atoms. The first-order valence-corrected chi connectivity index (χ1v) is 6.29. The van der Waals surface area contributed by atoms with Gasteiger partial charge in [-0.1, -0.05) is 33.6 Å². The van der Waals surface area contributed by atoms with Crippen molar-refractivity contribution in [3.05, 3.63) is 0 Å². The molecular formula is C13H30ClNO. The maximum Gasteiger partial charge on any atom is 0.102 e. The van der Waals surface area contributed by atoms with Crippen molar-refractivity contribution in [2.75, 3.05) is 34.3 Å². The Morgan fingerprint density at radius 3 is 2.06 bits per heavy atom. The van der Waals surface area contributed by atoms with Crippen molar-refractivity contribution in [3.8, 4) is 0 Å². The SMILES string of the molecule is CCCCC(OCC[N+](C)(C)C)C(C)C.[Cl-]. The number of unbranched alkanes of at least 4 members (excludes halogenated alkanes) is 1. The van der Waals surface area contributed by atoms with Gasteiger partial charge in [-0.25, -0.2) is 0 Å². The van der Waals surface area contributed by atoms with Gasteiger partial charge in [0.2, 0.25) is 0 Å². The number of quaternary nitrogens is 1. The maximum atomic E-state index is 5.97. The molecule has 0 saturated heterocycles. The molecule has 0 N–H and O–H groups in total. The summed E-state index contributed by atoms with van der Waals surface area (Å²) in [6.45, 7) is 8.73. The van der Waals surface area contributed by atoms with Gasteiger partial charge in [0.25, 0.3) is 0 Å². The van der Waals surface area contributed by atoms with E-state index < -0.39 is 0 Å². The zero-order chi connectivity index (χ0) is 11.9. The van der Waals surface area contributed by atoms with Crippen LogP contribution in [0.2, 0.25) is 0 Å². The quantitative estimate of drug-likeness (QED) is 0.549. The molecule has 0 aromatic heterocycles. The monoisotopic (exact) mass is 251 g/mol. The minimum atomic E-state index is 0. The smallest absolute Gasteiger partial charge is 0.102 e. The van der Waals surface area contributed by atoms with E-state index in [9.17, 15) is 0 Å². The zero-order valence-electron chi connectivity index (χ0n) is 11.9. The summed E-state index contributed by atoms with van der Waals surface area (Å²) in [5, 5.41) is 0. The molecule has 0 rings (SSSR count). The van der Waals surface area contributed by atoms with Gasteiger partial charge >= 0.3 is 0 Å². The Morgan fingerprint density at radius 1 is 1.12 bits per heavy atom. The lowest BCUT2D eigenvalue weighted by molar-refractivity contribution is -0.870. The van der Waals surface area contributed by atoms with E-state index in [0.717, 1.165) is 17.6 Å². The van der Waals surface area contributed by atoms with Crippen molar-refractivity contribution in [2.24, 2.45) is 5.92 Å². The van der Waals surface area contributed by atoms with Crippen molar-refractivity contribution in [3.63, 3.8) is 0 Å². The van der Waals surface area contributed by atoms with Crippen molar-refractivity contribution in [2.45, 2.75) is 46.1 Å². The summed E-state index contributed by atoms with van der Waals surface area (Å²) in [5.41, 5.74) is 0. The first-order valence-electron chi connectivity index (χ1n) is 6.29.